The van der Waals surface area contributed by atoms with Gasteiger partial charge in [-0.3, -0.25) is 0 Å². The number of rotatable bonds is 2. The number of aliphatic hydroxyl groups excluding tert-OH is 1. The van der Waals surface area contributed by atoms with Gasteiger partial charge in [0.2, 0.25) is 0 Å². The smallest absolute Gasteiger partial charge is 0.187 e. The highest BCUT2D eigenvalue weighted by Gasteiger charge is 2.41. The fourth-order valence-corrected chi connectivity index (χ4v) is 1.05. The van der Waals surface area contributed by atoms with Gasteiger partial charge < -0.3 is 25.1 Å². The van der Waals surface area contributed by atoms with E-state index in [9.17, 15) is 5.11 Å². The van der Waals surface area contributed by atoms with Crippen LogP contribution in [0, 0.1) is 0 Å². The highest BCUT2D eigenvalue weighted by atomic mass is 16.8. The molecular weight excluding hydrogens is 150 g/mol. The van der Waals surface area contributed by atoms with Crippen LogP contribution in [0.2, 0.25) is 0 Å². The third kappa shape index (κ3) is 1.52. The van der Waals surface area contributed by atoms with E-state index >= 15 is 0 Å². The van der Waals surface area contributed by atoms with Crippen LogP contribution in [0.25, 0.3) is 0 Å². The molecule has 3 N–H and O–H groups in total. The summed E-state index contributed by atoms with van der Waals surface area (Å²) in [7, 11) is 2.91. The van der Waals surface area contributed by atoms with Crippen LogP contribution in [-0.2, 0) is 14.2 Å². The lowest BCUT2D eigenvalue weighted by Crippen LogP contribution is -2.41. The molecule has 4 atom stereocenters. The highest BCUT2D eigenvalue weighted by molar-refractivity contribution is 4.84. The SMILES string of the molecule is CO[C@H]1O[C@@H](OC)[C@@H](O)[C@@H]1N. The Morgan fingerprint density at radius 2 is 1.82 bits per heavy atom. The minimum Gasteiger partial charge on any atom is -0.386 e. The van der Waals surface area contributed by atoms with Crippen molar-refractivity contribution in [3.63, 3.8) is 0 Å². The van der Waals surface area contributed by atoms with Crippen molar-refractivity contribution < 1.29 is 19.3 Å². The Bertz CT molecular complexity index is 114. The summed E-state index contributed by atoms with van der Waals surface area (Å²) in [6.07, 6.45) is -2.06. The van der Waals surface area contributed by atoms with E-state index in [-0.39, 0.29) is 0 Å². The molecule has 0 aromatic carbocycles. The number of hydrogen-bond acceptors (Lipinski definition) is 5. The lowest BCUT2D eigenvalue weighted by molar-refractivity contribution is -0.200. The molecule has 0 spiro atoms. The molecule has 1 saturated heterocycles. The molecule has 0 aromatic heterocycles. The van der Waals surface area contributed by atoms with Crippen LogP contribution < -0.4 is 5.73 Å². The molecule has 5 heteroatoms. The van der Waals surface area contributed by atoms with Gasteiger partial charge in [-0.1, -0.05) is 0 Å². The predicted molar refractivity (Wildman–Crippen MR) is 36.7 cm³/mol. The Morgan fingerprint density at radius 1 is 1.27 bits per heavy atom. The van der Waals surface area contributed by atoms with Crippen molar-refractivity contribution in [3.05, 3.63) is 0 Å². The third-order valence-electron chi connectivity index (χ3n) is 1.72. The largest absolute Gasteiger partial charge is 0.386 e. The van der Waals surface area contributed by atoms with Crippen LogP contribution in [0.1, 0.15) is 0 Å². The van der Waals surface area contributed by atoms with Crippen LogP contribution in [0.15, 0.2) is 0 Å². The van der Waals surface area contributed by atoms with Crippen molar-refractivity contribution in [1.29, 1.82) is 0 Å². The molecular formula is C6H13NO4. The molecule has 5 nitrogen and oxygen atoms in total. The van der Waals surface area contributed by atoms with Crippen molar-refractivity contribution in [1.82, 2.24) is 0 Å². The summed E-state index contributed by atoms with van der Waals surface area (Å²) in [5, 5.41) is 9.30. The maximum absolute atomic E-state index is 9.30. The van der Waals surface area contributed by atoms with Crippen molar-refractivity contribution in [2.45, 2.75) is 24.7 Å². The van der Waals surface area contributed by atoms with Crippen molar-refractivity contribution in [2.75, 3.05) is 14.2 Å². The second-order valence-electron chi connectivity index (χ2n) is 2.41. The maximum Gasteiger partial charge on any atom is 0.187 e. The maximum atomic E-state index is 9.30. The topological polar surface area (TPSA) is 73.9 Å². The van der Waals surface area contributed by atoms with E-state index in [4.69, 9.17) is 19.9 Å². The normalized spacial score (nSPS) is 44.7. The Kier molecular flexibility index (Phi) is 2.80. The van der Waals surface area contributed by atoms with E-state index in [2.05, 4.69) is 0 Å². The summed E-state index contributed by atoms with van der Waals surface area (Å²) in [6.45, 7) is 0. The molecule has 0 radical (unpaired) electrons. The van der Waals surface area contributed by atoms with Gasteiger partial charge >= 0.3 is 0 Å². The third-order valence-corrected chi connectivity index (χ3v) is 1.72. The Hall–Kier alpha value is -0.200. The van der Waals surface area contributed by atoms with Gasteiger partial charge in [0.25, 0.3) is 0 Å². The van der Waals surface area contributed by atoms with Gasteiger partial charge in [0.05, 0.1) is 6.04 Å². The lowest BCUT2D eigenvalue weighted by Gasteiger charge is -2.12. The first-order valence-corrected chi connectivity index (χ1v) is 3.35. The average molecular weight is 163 g/mol. The van der Waals surface area contributed by atoms with E-state index in [1.54, 1.807) is 0 Å². The summed E-state index contributed by atoms with van der Waals surface area (Å²) in [6, 6.07) is -0.537. The summed E-state index contributed by atoms with van der Waals surface area (Å²) in [5.74, 6) is 0. The zero-order valence-corrected chi connectivity index (χ0v) is 6.56. The van der Waals surface area contributed by atoms with Gasteiger partial charge in [-0.2, -0.15) is 0 Å². The highest BCUT2D eigenvalue weighted by Crippen LogP contribution is 2.19. The molecule has 1 fully saturated rings. The van der Waals surface area contributed by atoms with Crippen molar-refractivity contribution in [3.8, 4) is 0 Å². The Balaban J connectivity index is 2.53. The Labute approximate surface area is 65.0 Å². The molecule has 1 aliphatic heterocycles. The first-order chi connectivity index (χ1) is 5.20. The van der Waals surface area contributed by atoms with E-state index in [0.717, 1.165) is 0 Å². The first kappa shape index (κ1) is 8.89. The second-order valence-corrected chi connectivity index (χ2v) is 2.41. The van der Waals surface area contributed by atoms with Crippen LogP contribution in [-0.4, -0.2) is 44.1 Å². The molecule has 1 aliphatic rings. The average Bonchev–Trinajstić information content (AvgIpc) is 2.30. The molecule has 0 aromatic rings. The molecule has 0 saturated carbocycles. The summed E-state index contributed by atoms with van der Waals surface area (Å²) in [4.78, 5) is 0. The number of ether oxygens (including phenoxy) is 3. The monoisotopic (exact) mass is 163 g/mol. The van der Waals surface area contributed by atoms with E-state index < -0.39 is 24.7 Å². The van der Waals surface area contributed by atoms with Gasteiger partial charge in [-0.15, -0.1) is 0 Å². The molecule has 66 valence electrons. The molecule has 0 unspecified atom stereocenters. The van der Waals surface area contributed by atoms with E-state index in [1.165, 1.54) is 14.2 Å². The summed E-state index contributed by atoms with van der Waals surface area (Å²) in [5.41, 5.74) is 5.52. The van der Waals surface area contributed by atoms with Gasteiger partial charge in [-0.25, -0.2) is 0 Å². The van der Waals surface area contributed by atoms with Gasteiger partial charge in [0.1, 0.15) is 6.10 Å². The summed E-state index contributed by atoms with van der Waals surface area (Å²) >= 11 is 0. The van der Waals surface area contributed by atoms with Crippen molar-refractivity contribution in [2.24, 2.45) is 5.73 Å². The molecule has 1 heterocycles. The van der Waals surface area contributed by atoms with Crippen molar-refractivity contribution >= 4 is 0 Å². The quantitative estimate of drug-likeness (QED) is 0.526. The Morgan fingerprint density at radius 3 is 2.09 bits per heavy atom. The van der Waals surface area contributed by atoms with Gasteiger partial charge in [0.15, 0.2) is 12.6 Å². The number of hydrogen-bond donors (Lipinski definition) is 2. The van der Waals surface area contributed by atoms with Crippen LogP contribution >= 0.6 is 0 Å². The van der Waals surface area contributed by atoms with Crippen LogP contribution in [0.3, 0.4) is 0 Å². The van der Waals surface area contributed by atoms with Crippen LogP contribution in [0.4, 0.5) is 0 Å². The van der Waals surface area contributed by atoms with E-state index in [0.29, 0.717) is 0 Å². The number of aliphatic hydroxyl groups is 1. The molecule has 0 bridgehead atoms. The number of nitrogens with two attached hydrogens (primary N) is 1. The fraction of sp³-hybridized carbons (Fsp3) is 1.00. The summed E-state index contributed by atoms with van der Waals surface area (Å²) < 4.78 is 14.7. The van der Waals surface area contributed by atoms with Gasteiger partial charge in [-0.05, 0) is 0 Å². The zero-order chi connectivity index (χ0) is 8.43. The second kappa shape index (κ2) is 3.46. The number of methoxy groups -OCH3 is 2. The molecule has 0 amide bonds. The van der Waals surface area contributed by atoms with E-state index in [1.807, 2.05) is 0 Å². The lowest BCUT2D eigenvalue weighted by atomic mass is 10.2. The standard InChI is InChI=1S/C6H13NO4/c1-9-5-3(7)4(8)6(10-2)11-5/h3-6,8H,7H2,1-2H3/t3-,4-,5-,6+/m0/s1. The fourth-order valence-electron chi connectivity index (χ4n) is 1.05. The minimum atomic E-state index is -0.815. The molecule has 0 aliphatic carbocycles. The first-order valence-electron chi connectivity index (χ1n) is 3.35. The molecule has 11 heavy (non-hydrogen) atoms. The van der Waals surface area contributed by atoms with Gasteiger partial charge in [0, 0.05) is 14.2 Å². The minimum absolute atomic E-state index is 0.537. The zero-order valence-electron chi connectivity index (χ0n) is 6.56. The van der Waals surface area contributed by atoms with Crippen LogP contribution in [0.5, 0.6) is 0 Å². The molecule has 1 rings (SSSR count). The predicted octanol–water partition coefficient (Wildman–Crippen LogP) is -1.35.